The second kappa shape index (κ2) is 14.6. The van der Waals surface area contributed by atoms with Gasteiger partial charge in [0.2, 0.25) is 0 Å². The maximum Gasteiger partial charge on any atom is 0.303 e. The lowest BCUT2D eigenvalue weighted by Gasteiger charge is -2.04. The minimum absolute atomic E-state index is 0.293. The minimum atomic E-state index is -0.676. The van der Waals surface area contributed by atoms with Crippen LogP contribution in [0.5, 0.6) is 0 Å². The van der Waals surface area contributed by atoms with E-state index in [4.69, 9.17) is 10.2 Å². The Morgan fingerprint density at radius 3 is 2.20 bits per heavy atom. The van der Waals surface area contributed by atoms with Gasteiger partial charge in [-0.15, -0.1) is 0 Å². The number of unbranched alkanes of at least 4 members (excludes halogenated alkanes) is 7. The molecule has 0 heterocycles. The van der Waals surface area contributed by atoms with Gasteiger partial charge in [-0.3, -0.25) is 4.79 Å². The summed E-state index contributed by atoms with van der Waals surface area (Å²) in [6.07, 6.45) is 16.0. The Kier molecular flexibility index (Phi) is 14.0. The van der Waals surface area contributed by atoms with E-state index in [9.17, 15) is 4.79 Å². The van der Waals surface area contributed by atoms with Crippen LogP contribution in [0.15, 0.2) is 12.2 Å². The van der Waals surface area contributed by atoms with Gasteiger partial charge in [0.25, 0.3) is 0 Å². The number of hydrogen-bond acceptors (Lipinski definition) is 2. The summed E-state index contributed by atoms with van der Waals surface area (Å²) in [5.41, 5.74) is 0. The molecule has 3 nitrogen and oxygen atoms in total. The van der Waals surface area contributed by atoms with Crippen molar-refractivity contribution in [3.63, 3.8) is 0 Å². The molecule has 20 heavy (non-hydrogen) atoms. The van der Waals surface area contributed by atoms with Gasteiger partial charge in [0.05, 0.1) is 0 Å². The van der Waals surface area contributed by atoms with Gasteiger partial charge < -0.3 is 10.2 Å². The Morgan fingerprint density at radius 2 is 1.60 bits per heavy atom. The fraction of sp³-hybridized carbons (Fsp3) is 0.824. The Bertz CT molecular complexity index is 249. The Morgan fingerprint density at radius 1 is 1.00 bits per heavy atom. The maximum atomic E-state index is 10.3. The normalized spacial score (nSPS) is 12.9. The van der Waals surface area contributed by atoms with Gasteiger partial charge in [0, 0.05) is 13.0 Å². The van der Waals surface area contributed by atoms with Gasteiger partial charge in [0.15, 0.2) is 0 Å². The number of carbonyl (C=O) groups is 1. The number of rotatable bonds is 14. The van der Waals surface area contributed by atoms with E-state index in [1.54, 1.807) is 0 Å². The zero-order valence-corrected chi connectivity index (χ0v) is 13.0. The van der Waals surface area contributed by atoms with Crippen LogP contribution in [0.25, 0.3) is 0 Å². The number of carboxylic acids is 1. The van der Waals surface area contributed by atoms with Gasteiger partial charge in [-0.05, 0) is 38.0 Å². The minimum Gasteiger partial charge on any atom is -0.481 e. The molecule has 0 radical (unpaired) electrons. The van der Waals surface area contributed by atoms with Crippen LogP contribution >= 0.6 is 0 Å². The van der Waals surface area contributed by atoms with Crippen LogP contribution in [-0.2, 0) is 4.79 Å². The fourth-order valence-corrected chi connectivity index (χ4v) is 2.21. The molecule has 0 spiro atoms. The third-order valence-corrected chi connectivity index (χ3v) is 3.59. The molecule has 0 aromatic rings. The van der Waals surface area contributed by atoms with E-state index < -0.39 is 5.97 Å². The number of aliphatic hydroxyl groups is 1. The lowest BCUT2D eigenvalue weighted by molar-refractivity contribution is -0.137. The molecule has 0 aliphatic carbocycles. The number of aliphatic carboxylic acids is 1. The molecule has 0 aromatic heterocycles. The van der Waals surface area contributed by atoms with Crippen molar-refractivity contribution in [1.29, 1.82) is 0 Å². The van der Waals surface area contributed by atoms with Crippen molar-refractivity contribution in [3.05, 3.63) is 12.2 Å². The van der Waals surface area contributed by atoms with E-state index in [0.717, 1.165) is 32.1 Å². The summed E-state index contributed by atoms with van der Waals surface area (Å²) in [6.45, 7) is 2.46. The monoisotopic (exact) mass is 284 g/mol. The lowest BCUT2D eigenvalue weighted by Crippen LogP contribution is -1.95. The second-order valence-electron chi connectivity index (χ2n) is 5.73. The molecule has 1 unspecified atom stereocenters. The zero-order chi connectivity index (χ0) is 15.1. The quantitative estimate of drug-likeness (QED) is 0.363. The summed E-state index contributed by atoms with van der Waals surface area (Å²) in [5.74, 6) is -0.0906. The van der Waals surface area contributed by atoms with Gasteiger partial charge >= 0.3 is 5.97 Å². The molecule has 1 atom stereocenters. The number of hydrogen-bond donors (Lipinski definition) is 2. The first-order valence-electron chi connectivity index (χ1n) is 8.14. The van der Waals surface area contributed by atoms with Crippen LogP contribution < -0.4 is 0 Å². The van der Waals surface area contributed by atoms with Crippen molar-refractivity contribution in [2.24, 2.45) is 5.92 Å². The predicted molar refractivity (Wildman–Crippen MR) is 83.8 cm³/mol. The first kappa shape index (κ1) is 19.2. The molecule has 0 aliphatic heterocycles. The van der Waals surface area contributed by atoms with Crippen LogP contribution in [-0.4, -0.2) is 22.8 Å². The highest BCUT2D eigenvalue weighted by Crippen LogP contribution is 2.11. The van der Waals surface area contributed by atoms with Crippen molar-refractivity contribution in [2.45, 2.75) is 77.6 Å². The van der Waals surface area contributed by atoms with Crippen LogP contribution in [0.3, 0.4) is 0 Å². The van der Waals surface area contributed by atoms with E-state index in [0.29, 0.717) is 18.9 Å². The molecular formula is C17H32O3. The lowest BCUT2D eigenvalue weighted by atomic mass is 10.0. The largest absolute Gasteiger partial charge is 0.481 e. The fourth-order valence-electron chi connectivity index (χ4n) is 2.21. The molecule has 0 amide bonds. The number of allylic oxidation sites excluding steroid dienone is 2. The third kappa shape index (κ3) is 15.2. The SMILES string of the molecule is CC(CC=CCCCCCCCCCC(=O)O)CCO. The Labute approximate surface area is 124 Å². The summed E-state index contributed by atoms with van der Waals surface area (Å²) in [6, 6.07) is 0. The van der Waals surface area contributed by atoms with Gasteiger partial charge in [-0.25, -0.2) is 0 Å². The number of carboxylic acid groups (broad SMARTS) is 1. The van der Waals surface area contributed by atoms with Gasteiger partial charge in [-0.1, -0.05) is 51.2 Å². The summed E-state index contributed by atoms with van der Waals surface area (Å²) >= 11 is 0. The number of aliphatic hydroxyl groups excluding tert-OH is 1. The Hall–Kier alpha value is -0.830. The molecule has 0 bridgehead atoms. The average Bonchev–Trinajstić information content (AvgIpc) is 2.40. The van der Waals surface area contributed by atoms with Crippen LogP contribution in [0, 0.1) is 5.92 Å². The second-order valence-corrected chi connectivity index (χ2v) is 5.73. The molecule has 118 valence electrons. The van der Waals surface area contributed by atoms with Crippen molar-refractivity contribution in [3.8, 4) is 0 Å². The molecule has 0 rings (SSSR count). The molecule has 0 fully saturated rings. The molecule has 0 aliphatic rings. The van der Waals surface area contributed by atoms with E-state index >= 15 is 0 Å². The molecule has 0 saturated carbocycles. The molecule has 3 heteroatoms. The Balaban J connectivity index is 3.16. The molecule has 2 N–H and O–H groups in total. The van der Waals surface area contributed by atoms with E-state index in [1.165, 1.54) is 32.1 Å². The first-order chi connectivity index (χ1) is 9.66. The standard InChI is InChI=1S/C17H32O3/c1-16(14-15-18)12-10-8-6-4-2-3-5-7-9-11-13-17(19)20/h8,10,16,18H,2-7,9,11-15H2,1H3,(H,19,20). The highest BCUT2D eigenvalue weighted by Gasteiger charge is 1.97. The first-order valence-corrected chi connectivity index (χ1v) is 8.14. The van der Waals surface area contributed by atoms with Gasteiger partial charge in [-0.2, -0.15) is 0 Å². The topological polar surface area (TPSA) is 57.5 Å². The van der Waals surface area contributed by atoms with E-state index in [2.05, 4.69) is 19.1 Å². The van der Waals surface area contributed by atoms with Crippen LogP contribution in [0.4, 0.5) is 0 Å². The summed E-state index contributed by atoms with van der Waals surface area (Å²) in [7, 11) is 0. The molecule has 0 saturated heterocycles. The summed E-state index contributed by atoms with van der Waals surface area (Å²) in [5, 5.41) is 17.3. The summed E-state index contributed by atoms with van der Waals surface area (Å²) in [4.78, 5) is 10.3. The highest BCUT2D eigenvalue weighted by molar-refractivity contribution is 5.66. The maximum absolute atomic E-state index is 10.3. The van der Waals surface area contributed by atoms with Gasteiger partial charge in [0.1, 0.15) is 0 Å². The van der Waals surface area contributed by atoms with Crippen LogP contribution in [0.1, 0.15) is 77.6 Å². The highest BCUT2D eigenvalue weighted by atomic mass is 16.4. The van der Waals surface area contributed by atoms with Crippen molar-refractivity contribution in [1.82, 2.24) is 0 Å². The third-order valence-electron chi connectivity index (χ3n) is 3.59. The van der Waals surface area contributed by atoms with Crippen LogP contribution in [0.2, 0.25) is 0 Å². The zero-order valence-electron chi connectivity index (χ0n) is 13.0. The summed E-state index contributed by atoms with van der Waals surface area (Å²) < 4.78 is 0. The van der Waals surface area contributed by atoms with Crippen molar-refractivity contribution < 1.29 is 15.0 Å². The average molecular weight is 284 g/mol. The van der Waals surface area contributed by atoms with E-state index in [-0.39, 0.29) is 0 Å². The molecular weight excluding hydrogens is 252 g/mol. The van der Waals surface area contributed by atoms with Crippen molar-refractivity contribution >= 4 is 5.97 Å². The van der Waals surface area contributed by atoms with E-state index in [1.807, 2.05) is 0 Å². The van der Waals surface area contributed by atoms with Crippen molar-refractivity contribution in [2.75, 3.05) is 6.61 Å². The molecule has 0 aromatic carbocycles. The predicted octanol–water partition coefficient (Wildman–Crippen LogP) is 4.55. The smallest absolute Gasteiger partial charge is 0.303 e.